The molecule has 6 N–H and O–H groups in total. The Hall–Kier alpha value is -4.48. The Morgan fingerprint density at radius 2 is 1.71 bits per heavy atom. The maximum Gasteiger partial charge on any atom is 0.326 e. The molecule has 0 spiro atoms. The molecule has 3 amide bonds. The maximum absolute atomic E-state index is 12.8. The second-order valence-electron chi connectivity index (χ2n) is 7.42. The minimum atomic E-state index is -1.33. The van der Waals surface area contributed by atoms with Gasteiger partial charge in [0.25, 0.3) is 11.6 Å². The van der Waals surface area contributed by atoms with E-state index >= 15 is 0 Å². The molecule has 34 heavy (non-hydrogen) atoms. The van der Waals surface area contributed by atoms with E-state index in [9.17, 15) is 34.4 Å². The van der Waals surface area contributed by atoms with E-state index in [0.717, 1.165) is 5.56 Å². The van der Waals surface area contributed by atoms with E-state index in [1.54, 1.807) is 36.4 Å². The van der Waals surface area contributed by atoms with E-state index in [1.807, 2.05) is 0 Å². The van der Waals surface area contributed by atoms with Crippen LogP contribution in [0.15, 0.2) is 48.5 Å². The lowest BCUT2D eigenvalue weighted by Crippen LogP contribution is -2.50. The number of para-hydroxylation sites is 1. The van der Waals surface area contributed by atoms with Crippen LogP contribution in [0.4, 0.5) is 11.4 Å². The maximum atomic E-state index is 12.8. The quantitative estimate of drug-likeness (QED) is 0.225. The van der Waals surface area contributed by atoms with Gasteiger partial charge in [-0.15, -0.1) is 0 Å². The van der Waals surface area contributed by atoms with Crippen molar-refractivity contribution in [3.8, 4) is 0 Å². The minimum absolute atomic E-state index is 0.0319. The summed E-state index contributed by atoms with van der Waals surface area (Å²) < 4.78 is 0. The fraction of sp³-hybridized carbons (Fsp3) is 0.273. The molecule has 2 aromatic rings. The molecule has 0 unspecified atom stereocenters. The molecule has 0 aliphatic rings. The molecular weight excluding hydrogens is 446 g/mol. The molecule has 0 saturated carbocycles. The van der Waals surface area contributed by atoms with Crippen molar-refractivity contribution in [3.05, 3.63) is 69.8 Å². The van der Waals surface area contributed by atoms with Gasteiger partial charge < -0.3 is 26.8 Å². The highest BCUT2D eigenvalue weighted by molar-refractivity contribution is 6.02. The lowest BCUT2D eigenvalue weighted by molar-refractivity contribution is -0.384. The van der Waals surface area contributed by atoms with E-state index in [1.165, 1.54) is 19.1 Å². The normalized spacial score (nSPS) is 12.1. The third kappa shape index (κ3) is 7.58. The van der Waals surface area contributed by atoms with Gasteiger partial charge in [0.15, 0.2) is 0 Å². The molecule has 0 fully saturated rings. The number of carbonyl (C=O) groups excluding carboxylic acids is 3. The summed E-state index contributed by atoms with van der Waals surface area (Å²) in [6, 6.07) is 10.1. The number of carboxylic acids is 1. The van der Waals surface area contributed by atoms with E-state index < -0.39 is 40.7 Å². The summed E-state index contributed by atoms with van der Waals surface area (Å²) in [4.78, 5) is 57.6. The Morgan fingerprint density at radius 1 is 1.06 bits per heavy atom. The Labute approximate surface area is 194 Å². The highest BCUT2D eigenvalue weighted by Crippen LogP contribution is 2.18. The van der Waals surface area contributed by atoms with Crippen LogP contribution in [-0.2, 0) is 20.9 Å². The highest BCUT2D eigenvalue weighted by atomic mass is 16.6. The second-order valence-corrected chi connectivity index (χ2v) is 7.42. The fourth-order valence-corrected chi connectivity index (χ4v) is 2.95. The molecule has 180 valence electrons. The average molecular weight is 471 g/mol. The smallest absolute Gasteiger partial charge is 0.326 e. The summed E-state index contributed by atoms with van der Waals surface area (Å²) in [7, 11) is 0. The van der Waals surface area contributed by atoms with Crippen LogP contribution < -0.4 is 21.7 Å². The number of rotatable bonds is 12. The van der Waals surface area contributed by atoms with E-state index in [0.29, 0.717) is 12.2 Å². The first-order valence-electron chi connectivity index (χ1n) is 10.3. The van der Waals surface area contributed by atoms with Gasteiger partial charge in [0.2, 0.25) is 11.8 Å². The van der Waals surface area contributed by atoms with Gasteiger partial charge in [0, 0.05) is 30.8 Å². The number of carbonyl (C=O) groups is 4. The number of anilines is 1. The van der Waals surface area contributed by atoms with Crippen LogP contribution in [0.5, 0.6) is 0 Å². The molecule has 0 aromatic heterocycles. The van der Waals surface area contributed by atoms with Gasteiger partial charge in [-0.2, -0.15) is 0 Å². The number of nitrogens with two attached hydrogens (primary N) is 1. The van der Waals surface area contributed by atoms with E-state index in [-0.39, 0.29) is 24.1 Å². The molecule has 0 bridgehead atoms. The summed E-state index contributed by atoms with van der Waals surface area (Å²) >= 11 is 0. The van der Waals surface area contributed by atoms with Crippen LogP contribution in [0.3, 0.4) is 0 Å². The molecule has 12 nitrogen and oxygen atoms in total. The SMILES string of the molecule is C[C@@H](NC(=O)c1ccccc1NCc1ccc([N+](=O)[O-])cc1)C(=O)N[C@@H](CCC(N)=O)C(=O)O. The van der Waals surface area contributed by atoms with Gasteiger partial charge in [0.1, 0.15) is 12.1 Å². The van der Waals surface area contributed by atoms with Crippen molar-refractivity contribution in [1.29, 1.82) is 0 Å². The zero-order chi connectivity index (χ0) is 25.3. The Balaban J connectivity index is 2.01. The number of hydrogen-bond acceptors (Lipinski definition) is 7. The van der Waals surface area contributed by atoms with Crippen molar-refractivity contribution in [3.63, 3.8) is 0 Å². The van der Waals surface area contributed by atoms with E-state index in [4.69, 9.17) is 5.73 Å². The summed E-state index contributed by atoms with van der Waals surface area (Å²) in [5.74, 6) is -3.33. The Bertz CT molecular complexity index is 1070. The number of nitro benzene ring substituents is 1. The average Bonchev–Trinajstić information content (AvgIpc) is 2.80. The molecule has 12 heteroatoms. The van der Waals surface area contributed by atoms with Crippen molar-refractivity contribution in [1.82, 2.24) is 10.6 Å². The molecule has 2 aromatic carbocycles. The monoisotopic (exact) mass is 471 g/mol. The van der Waals surface area contributed by atoms with Gasteiger partial charge in [-0.3, -0.25) is 24.5 Å². The first-order chi connectivity index (χ1) is 16.1. The molecule has 2 atom stereocenters. The molecule has 0 aliphatic heterocycles. The molecule has 0 saturated heterocycles. The summed E-state index contributed by atoms with van der Waals surface area (Å²) in [5, 5.41) is 27.9. The fourth-order valence-electron chi connectivity index (χ4n) is 2.95. The van der Waals surface area contributed by atoms with Crippen LogP contribution in [0.25, 0.3) is 0 Å². The first-order valence-corrected chi connectivity index (χ1v) is 10.3. The number of carboxylic acid groups (broad SMARTS) is 1. The molecule has 0 aliphatic carbocycles. The number of amides is 3. The van der Waals surface area contributed by atoms with Gasteiger partial charge in [0.05, 0.1) is 10.5 Å². The lowest BCUT2D eigenvalue weighted by Gasteiger charge is -2.19. The number of primary amides is 1. The van der Waals surface area contributed by atoms with Crippen LogP contribution in [0.1, 0.15) is 35.7 Å². The summed E-state index contributed by atoms with van der Waals surface area (Å²) in [6.45, 7) is 1.69. The van der Waals surface area contributed by atoms with Crippen LogP contribution >= 0.6 is 0 Å². The van der Waals surface area contributed by atoms with Crippen molar-refractivity contribution in [2.24, 2.45) is 5.73 Å². The van der Waals surface area contributed by atoms with Crippen molar-refractivity contribution >= 4 is 35.1 Å². The van der Waals surface area contributed by atoms with Crippen molar-refractivity contribution in [2.75, 3.05) is 5.32 Å². The Kier molecular flexibility index (Phi) is 9.06. The third-order valence-corrected chi connectivity index (χ3v) is 4.84. The number of non-ortho nitro benzene ring substituents is 1. The zero-order valence-corrected chi connectivity index (χ0v) is 18.3. The second kappa shape index (κ2) is 11.9. The minimum Gasteiger partial charge on any atom is -0.480 e. The van der Waals surface area contributed by atoms with E-state index in [2.05, 4.69) is 16.0 Å². The first kappa shape index (κ1) is 25.8. The number of nitrogens with zero attached hydrogens (tertiary/aromatic N) is 1. The van der Waals surface area contributed by atoms with Gasteiger partial charge in [-0.05, 0) is 31.0 Å². The lowest BCUT2D eigenvalue weighted by atomic mass is 10.1. The number of benzene rings is 2. The topological polar surface area (TPSA) is 194 Å². The van der Waals surface area contributed by atoms with Crippen LogP contribution in [-0.4, -0.2) is 45.8 Å². The number of aliphatic carboxylic acids is 1. The molecule has 0 radical (unpaired) electrons. The predicted octanol–water partition coefficient (Wildman–Crippen LogP) is 1.16. The van der Waals surface area contributed by atoms with Gasteiger partial charge in [-0.1, -0.05) is 24.3 Å². The largest absolute Gasteiger partial charge is 0.480 e. The molecule has 0 heterocycles. The van der Waals surface area contributed by atoms with Crippen molar-refractivity contribution in [2.45, 2.75) is 38.4 Å². The zero-order valence-electron chi connectivity index (χ0n) is 18.3. The molecular formula is C22H25N5O7. The van der Waals surface area contributed by atoms with Gasteiger partial charge >= 0.3 is 5.97 Å². The summed E-state index contributed by atoms with van der Waals surface area (Å²) in [6.07, 6.45) is -0.391. The number of hydrogen-bond donors (Lipinski definition) is 5. The Morgan fingerprint density at radius 3 is 2.29 bits per heavy atom. The molecule has 2 rings (SSSR count). The third-order valence-electron chi connectivity index (χ3n) is 4.84. The standard InChI is InChI=1S/C22H25N5O7/c1-13(20(29)26-18(22(31)32)10-11-19(23)28)25-21(30)16-4-2-3-5-17(16)24-12-14-6-8-15(9-7-14)27(33)34/h2-9,13,18,24H,10-12H2,1H3,(H2,23,28)(H,25,30)(H,26,29)(H,31,32)/t13-,18+/m1/s1. The van der Waals surface area contributed by atoms with Crippen LogP contribution in [0, 0.1) is 10.1 Å². The van der Waals surface area contributed by atoms with Crippen LogP contribution in [0.2, 0.25) is 0 Å². The van der Waals surface area contributed by atoms with Gasteiger partial charge in [-0.25, -0.2) is 4.79 Å². The highest BCUT2D eigenvalue weighted by Gasteiger charge is 2.25. The predicted molar refractivity (Wildman–Crippen MR) is 122 cm³/mol. The summed E-state index contributed by atoms with van der Waals surface area (Å²) in [5.41, 5.74) is 6.46. The number of nitro groups is 1. The number of nitrogens with one attached hydrogen (secondary N) is 3. The van der Waals surface area contributed by atoms with Crippen molar-refractivity contribution < 1.29 is 29.2 Å².